The minimum absolute atomic E-state index is 0.0104. The van der Waals surface area contributed by atoms with Crippen molar-refractivity contribution in [2.75, 3.05) is 15.9 Å². The van der Waals surface area contributed by atoms with Gasteiger partial charge in [-0.25, -0.2) is 8.42 Å². The van der Waals surface area contributed by atoms with E-state index in [-0.39, 0.29) is 18.5 Å². The van der Waals surface area contributed by atoms with E-state index in [1.807, 2.05) is 45.0 Å². The van der Waals surface area contributed by atoms with Crippen LogP contribution in [-0.4, -0.2) is 32.5 Å². The van der Waals surface area contributed by atoms with Crippen LogP contribution in [0, 0.1) is 6.92 Å². The Labute approximate surface area is 207 Å². The minimum atomic E-state index is -3.55. The van der Waals surface area contributed by atoms with Crippen molar-refractivity contribution in [1.82, 2.24) is 5.32 Å². The number of carbonyl (C=O) groups is 2. The molecule has 0 spiro atoms. The molecular weight excluding hydrogens is 462 g/mol. The number of nitrogens with one attached hydrogen (secondary N) is 2. The molecule has 0 heterocycles. The molecule has 2 N–H and O–H groups in total. The number of carbonyl (C=O) groups excluding carboxylic acids is 2. The summed E-state index contributed by atoms with van der Waals surface area (Å²) in [5.74, 6) is -0.657. The summed E-state index contributed by atoms with van der Waals surface area (Å²) in [5.41, 5.74) is 3.47. The number of amides is 2. The lowest BCUT2D eigenvalue weighted by Gasteiger charge is -2.23. The van der Waals surface area contributed by atoms with Gasteiger partial charge in [0.25, 0.3) is 11.8 Å². The van der Waals surface area contributed by atoms with E-state index >= 15 is 0 Å². The zero-order valence-electron chi connectivity index (χ0n) is 20.4. The van der Waals surface area contributed by atoms with Gasteiger partial charge in [-0.05, 0) is 67.8 Å². The first-order chi connectivity index (χ1) is 16.6. The van der Waals surface area contributed by atoms with E-state index in [1.165, 1.54) is 4.31 Å². The molecule has 0 radical (unpaired) electrons. The molecule has 35 heavy (non-hydrogen) atoms. The van der Waals surface area contributed by atoms with Crippen molar-refractivity contribution in [1.29, 1.82) is 0 Å². The Hall–Kier alpha value is -3.65. The molecule has 7 nitrogen and oxygen atoms in total. The Morgan fingerprint density at radius 1 is 0.914 bits per heavy atom. The zero-order valence-corrected chi connectivity index (χ0v) is 21.2. The van der Waals surface area contributed by atoms with Crippen molar-refractivity contribution in [3.63, 3.8) is 0 Å². The van der Waals surface area contributed by atoms with Crippen LogP contribution in [0.25, 0.3) is 0 Å². The van der Waals surface area contributed by atoms with E-state index in [0.717, 1.165) is 23.8 Å². The zero-order chi connectivity index (χ0) is 25.6. The van der Waals surface area contributed by atoms with Crippen LogP contribution in [0.15, 0.2) is 72.8 Å². The minimum Gasteiger partial charge on any atom is -0.350 e. The van der Waals surface area contributed by atoms with Gasteiger partial charge in [0.05, 0.1) is 29.7 Å². The molecule has 3 aromatic rings. The van der Waals surface area contributed by atoms with E-state index in [2.05, 4.69) is 10.6 Å². The largest absolute Gasteiger partial charge is 0.350 e. The SMILES string of the molecule is CC[C@H](C)NC(=O)c1ccccc1NC(=O)c1ccc(N(Cc2ccccc2C)S(C)(=O)=O)cc1. The molecule has 1 atom stereocenters. The van der Waals surface area contributed by atoms with E-state index in [0.29, 0.717) is 22.5 Å². The smallest absolute Gasteiger partial charge is 0.255 e. The molecule has 3 aromatic carbocycles. The fraction of sp³-hybridized carbons (Fsp3) is 0.259. The van der Waals surface area contributed by atoms with Gasteiger partial charge in [0, 0.05) is 11.6 Å². The summed E-state index contributed by atoms with van der Waals surface area (Å²) in [5, 5.41) is 5.70. The summed E-state index contributed by atoms with van der Waals surface area (Å²) in [6, 6.07) is 20.8. The molecule has 0 saturated carbocycles. The maximum absolute atomic E-state index is 12.9. The van der Waals surface area contributed by atoms with Gasteiger partial charge in [-0.2, -0.15) is 0 Å². The lowest BCUT2D eigenvalue weighted by Crippen LogP contribution is -2.32. The van der Waals surface area contributed by atoms with Crippen LogP contribution in [-0.2, 0) is 16.6 Å². The maximum atomic E-state index is 12.9. The Bertz CT molecular complexity index is 1300. The molecule has 0 fully saturated rings. The van der Waals surface area contributed by atoms with Gasteiger partial charge in [0.15, 0.2) is 0 Å². The van der Waals surface area contributed by atoms with Crippen molar-refractivity contribution in [2.45, 2.75) is 39.8 Å². The average Bonchev–Trinajstić information content (AvgIpc) is 2.83. The van der Waals surface area contributed by atoms with Crippen molar-refractivity contribution in [3.05, 3.63) is 95.1 Å². The van der Waals surface area contributed by atoms with E-state index in [1.54, 1.807) is 48.5 Å². The summed E-state index contributed by atoms with van der Waals surface area (Å²) in [7, 11) is -3.55. The number of sulfonamides is 1. The Balaban J connectivity index is 1.80. The molecule has 184 valence electrons. The first-order valence-corrected chi connectivity index (χ1v) is 13.3. The number of aryl methyl sites for hydroxylation is 1. The van der Waals surface area contributed by atoms with Crippen LogP contribution in [0.2, 0.25) is 0 Å². The predicted octanol–water partition coefficient (Wildman–Crippen LogP) is 4.74. The Morgan fingerprint density at radius 3 is 2.17 bits per heavy atom. The van der Waals surface area contributed by atoms with Gasteiger partial charge in [0.2, 0.25) is 10.0 Å². The lowest BCUT2D eigenvalue weighted by molar-refractivity contribution is 0.0940. The van der Waals surface area contributed by atoms with Crippen LogP contribution in [0.5, 0.6) is 0 Å². The van der Waals surface area contributed by atoms with Gasteiger partial charge < -0.3 is 10.6 Å². The monoisotopic (exact) mass is 493 g/mol. The highest BCUT2D eigenvalue weighted by Crippen LogP contribution is 2.23. The van der Waals surface area contributed by atoms with Crippen LogP contribution >= 0.6 is 0 Å². The molecule has 0 aromatic heterocycles. The summed E-state index contributed by atoms with van der Waals surface area (Å²) in [4.78, 5) is 25.5. The molecule has 8 heteroatoms. The molecule has 0 bridgehead atoms. The van der Waals surface area contributed by atoms with E-state index in [9.17, 15) is 18.0 Å². The third-order valence-corrected chi connectivity index (χ3v) is 6.94. The van der Waals surface area contributed by atoms with Crippen LogP contribution in [0.1, 0.15) is 52.1 Å². The van der Waals surface area contributed by atoms with Gasteiger partial charge in [-0.15, -0.1) is 0 Å². The van der Waals surface area contributed by atoms with E-state index in [4.69, 9.17) is 0 Å². The predicted molar refractivity (Wildman–Crippen MR) is 140 cm³/mol. The molecule has 0 aliphatic heterocycles. The number of benzene rings is 3. The molecule has 0 aliphatic rings. The highest BCUT2D eigenvalue weighted by Gasteiger charge is 2.20. The first-order valence-electron chi connectivity index (χ1n) is 11.4. The van der Waals surface area contributed by atoms with Crippen molar-refractivity contribution in [2.24, 2.45) is 0 Å². The Morgan fingerprint density at radius 2 is 1.54 bits per heavy atom. The molecule has 3 rings (SSSR count). The molecule has 0 aliphatic carbocycles. The van der Waals surface area contributed by atoms with E-state index < -0.39 is 15.9 Å². The fourth-order valence-electron chi connectivity index (χ4n) is 3.51. The topological polar surface area (TPSA) is 95.6 Å². The number of nitrogens with zero attached hydrogens (tertiary/aromatic N) is 1. The number of anilines is 2. The van der Waals surface area contributed by atoms with Gasteiger partial charge >= 0.3 is 0 Å². The van der Waals surface area contributed by atoms with Crippen molar-refractivity contribution >= 4 is 33.2 Å². The number of para-hydroxylation sites is 1. The molecule has 0 unspecified atom stereocenters. The third-order valence-electron chi connectivity index (χ3n) is 5.80. The normalized spacial score (nSPS) is 12.0. The molecule has 2 amide bonds. The highest BCUT2D eigenvalue weighted by molar-refractivity contribution is 7.92. The second kappa shape index (κ2) is 11.2. The first kappa shape index (κ1) is 26.0. The maximum Gasteiger partial charge on any atom is 0.255 e. The summed E-state index contributed by atoms with van der Waals surface area (Å²) >= 11 is 0. The third kappa shape index (κ3) is 6.70. The number of hydrogen-bond donors (Lipinski definition) is 2. The molecule has 0 saturated heterocycles. The fourth-order valence-corrected chi connectivity index (χ4v) is 4.39. The van der Waals surface area contributed by atoms with Gasteiger partial charge in [-0.1, -0.05) is 43.3 Å². The van der Waals surface area contributed by atoms with Gasteiger partial charge in [-0.3, -0.25) is 13.9 Å². The number of rotatable bonds is 9. The number of hydrogen-bond acceptors (Lipinski definition) is 4. The van der Waals surface area contributed by atoms with Crippen molar-refractivity contribution in [3.8, 4) is 0 Å². The second-order valence-electron chi connectivity index (χ2n) is 8.53. The average molecular weight is 494 g/mol. The lowest BCUT2D eigenvalue weighted by atomic mass is 10.1. The summed E-state index contributed by atoms with van der Waals surface area (Å²) < 4.78 is 26.3. The van der Waals surface area contributed by atoms with Gasteiger partial charge in [0.1, 0.15) is 0 Å². The van der Waals surface area contributed by atoms with Crippen LogP contribution < -0.4 is 14.9 Å². The Kier molecular flexibility index (Phi) is 8.30. The van der Waals surface area contributed by atoms with Crippen LogP contribution in [0.4, 0.5) is 11.4 Å². The highest BCUT2D eigenvalue weighted by atomic mass is 32.2. The van der Waals surface area contributed by atoms with Crippen molar-refractivity contribution < 1.29 is 18.0 Å². The molecular formula is C27H31N3O4S. The quantitative estimate of drug-likeness (QED) is 0.450. The summed E-state index contributed by atoms with van der Waals surface area (Å²) in [6.45, 7) is 6.02. The second-order valence-corrected chi connectivity index (χ2v) is 10.4. The standard InChI is InChI=1S/C27H31N3O4S/c1-5-20(3)28-27(32)24-12-8-9-13-25(24)29-26(31)21-14-16-23(17-15-21)30(35(4,33)34)18-22-11-7-6-10-19(22)2/h6-17,20H,5,18H2,1-4H3,(H,28,32)(H,29,31)/t20-/m0/s1. The summed E-state index contributed by atoms with van der Waals surface area (Å²) in [6.07, 6.45) is 1.95. The van der Waals surface area contributed by atoms with Crippen LogP contribution in [0.3, 0.4) is 0 Å².